The van der Waals surface area contributed by atoms with E-state index in [9.17, 15) is 4.79 Å². The van der Waals surface area contributed by atoms with Crippen LogP contribution in [0.3, 0.4) is 0 Å². The van der Waals surface area contributed by atoms with Crippen LogP contribution in [-0.2, 0) is 4.79 Å². The van der Waals surface area contributed by atoms with Crippen LogP contribution in [0.15, 0.2) is 65.8 Å². The Morgan fingerprint density at radius 3 is 2.33 bits per heavy atom. The molecule has 0 radical (unpaired) electrons. The average molecular weight is 336 g/mol. The van der Waals surface area contributed by atoms with Gasteiger partial charge in [0.2, 0.25) is 0 Å². The Morgan fingerprint density at radius 1 is 1.08 bits per heavy atom. The van der Waals surface area contributed by atoms with E-state index in [0.717, 1.165) is 17.0 Å². The van der Waals surface area contributed by atoms with Gasteiger partial charge in [-0.25, -0.2) is 5.01 Å². The zero-order valence-electron chi connectivity index (χ0n) is 12.9. The Hall–Kier alpha value is -2.73. The smallest absolute Gasteiger partial charge is 0.252 e. The van der Waals surface area contributed by atoms with Crippen molar-refractivity contribution in [2.24, 2.45) is 16.8 Å². The van der Waals surface area contributed by atoms with E-state index in [1.54, 1.807) is 4.90 Å². The predicted octanol–water partition coefficient (Wildman–Crippen LogP) is 1.98. The summed E-state index contributed by atoms with van der Waals surface area (Å²) in [6.45, 7) is 0.570. The van der Waals surface area contributed by atoms with Gasteiger partial charge < -0.3 is 10.6 Å². The normalized spacial score (nSPS) is 22.5. The van der Waals surface area contributed by atoms with Crippen LogP contribution in [0.1, 0.15) is 5.56 Å². The third-order valence-electron chi connectivity index (χ3n) is 4.47. The molecule has 4 rings (SSSR count). The number of benzene rings is 2. The minimum absolute atomic E-state index is 0.0197. The maximum atomic E-state index is 13.0. The van der Waals surface area contributed by atoms with Crippen molar-refractivity contribution in [2.75, 3.05) is 11.4 Å². The summed E-state index contributed by atoms with van der Waals surface area (Å²) >= 11 is 5.12. The molecule has 0 saturated carbocycles. The molecule has 2 aromatic carbocycles. The molecule has 2 aliphatic heterocycles. The molecular weight excluding hydrogens is 320 g/mol. The van der Waals surface area contributed by atoms with Crippen LogP contribution in [0.25, 0.3) is 0 Å². The monoisotopic (exact) mass is 336 g/mol. The minimum Gasteiger partial charge on any atom is -0.375 e. The van der Waals surface area contributed by atoms with Gasteiger partial charge in [0.25, 0.3) is 5.91 Å². The summed E-state index contributed by atoms with van der Waals surface area (Å²) in [6, 6.07) is 19.1. The number of anilines is 1. The van der Waals surface area contributed by atoms with Crippen LogP contribution < -0.4 is 10.6 Å². The Morgan fingerprint density at radius 2 is 1.71 bits per heavy atom. The molecule has 1 amide bonds. The molecule has 1 fully saturated rings. The van der Waals surface area contributed by atoms with E-state index < -0.39 is 6.04 Å². The average Bonchev–Trinajstić information content (AvgIpc) is 3.15. The highest BCUT2D eigenvalue weighted by molar-refractivity contribution is 7.80. The number of nitrogens with zero attached hydrogens (tertiary/aromatic N) is 3. The predicted molar refractivity (Wildman–Crippen MR) is 97.7 cm³/mol. The van der Waals surface area contributed by atoms with Crippen LogP contribution in [0.2, 0.25) is 0 Å². The van der Waals surface area contributed by atoms with Gasteiger partial charge in [-0.3, -0.25) is 4.79 Å². The van der Waals surface area contributed by atoms with Crippen molar-refractivity contribution in [3.63, 3.8) is 0 Å². The first-order valence-electron chi connectivity index (χ1n) is 7.76. The number of carbonyl (C=O) groups is 1. The Kier molecular flexibility index (Phi) is 3.54. The third kappa shape index (κ3) is 2.27. The highest BCUT2D eigenvalue weighted by Gasteiger charge is 2.51. The molecule has 2 heterocycles. The maximum absolute atomic E-state index is 13.0. The van der Waals surface area contributed by atoms with E-state index in [1.807, 2.05) is 60.7 Å². The number of amides is 1. The van der Waals surface area contributed by atoms with E-state index >= 15 is 0 Å². The molecule has 24 heavy (non-hydrogen) atoms. The molecule has 120 valence electrons. The number of hydrogen-bond acceptors (Lipinski definition) is 3. The number of fused-ring (bicyclic) bond motifs is 1. The molecule has 0 bridgehead atoms. The molecule has 0 aromatic heterocycles. The van der Waals surface area contributed by atoms with E-state index in [1.165, 1.54) is 5.01 Å². The fourth-order valence-electron chi connectivity index (χ4n) is 3.39. The Labute approximate surface area is 145 Å². The van der Waals surface area contributed by atoms with Gasteiger partial charge in [-0.1, -0.05) is 48.5 Å². The van der Waals surface area contributed by atoms with Gasteiger partial charge in [-0.2, -0.15) is 5.10 Å². The number of carbonyl (C=O) groups excluding carboxylic acids is 1. The van der Waals surface area contributed by atoms with Gasteiger partial charge in [0.1, 0.15) is 6.04 Å². The lowest BCUT2D eigenvalue weighted by Gasteiger charge is -2.21. The Bertz CT molecular complexity index is 821. The first-order chi connectivity index (χ1) is 11.7. The topological polar surface area (TPSA) is 61.9 Å². The fraction of sp³-hybridized carbons (Fsp3) is 0.167. The van der Waals surface area contributed by atoms with Crippen LogP contribution in [0, 0.1) is 5.92 Å². The largest absolute Gasteiger partial charge is 0.375 e. The lowest BCUT2D eigenvalue weighted by atomic mass is 9.94. The van der Waals surface area contributed by atoms with Gasteiger partial charge in [0.15, 0.2) is 5.11 Å². The van der Waals surface area contributed by atoms with Crippen molar-refractivity contribution in [1.29, 1.82) is 0 Å². The van der Waals surface area contributed by atoms with E-state index in [-0.39, 0.29) is 16.9 Å². The highest BCUT2D eigenvalue weighted by Crippen LogP contribution is 2.35. The second-order valence-electron chi connectivity index (χ2n) is 5.87. The molecule has 0 aliphatic carbocycles. The lowest BCUT2D eigenvalue weighted by molar-refractivity contribution is -0.120. The van der Waals surface area contributed by atoms with Gasteiger partial charge in [0.05, 0.1) is 11.6 Å². The second-order valence-corrected chi connectivity index (χ2v) is 6.29. The van der Waals surface area contributed by atoms with Crippen molar-refractivity contribution in [3.05, 3.63) is 66.2 Å². The molecule has 2 N–H and O–H groups in total. The summed E-state index contributed by atoms with van der Waals surface area (Å²) in [5.41, 5.74) is 8.56. The summed E-state index contributed by atoms with van der Waals surface area (Å²) in [5.74, 6) is -0.0738. The van der Waals surface area contributed by atoms with Crippen molar-refractivity contribution in [3.8, 4) is 0 Å². The van der Waals surface area contributed by atoms with E-state index in [0.29, 0.717) is 6.54 Å². The molecule has 6 heteroatoms. The molecule has 0 spiro atoms. The maximum Gasteiger partial charge on any atom is 0.252 e. The second kappa shape index (κ2) is 5.72. The summed E-state index contributed by atoms with van der Waals surface area (Å²) in [7, 11) is 0. The van der Waals surface area contributed by atoms with Crippen molar-refractivity contribution >= 4 is 34.6 Å². The van der Waals surface area contributed by atoms with Gasteiger partial charge in [-0.05, 0) is 29.9 Å². The summed E-state index contributed by atoms with van der Waals surface area (Å²) in [6.07, 6.45) is 0. The van der Waals surface area contributed by atoms with Gasteiger partial charge >= 0.3 is 0 Å². The third-order valence-corrected chi connectivity index (χ3v) is 4.66. The summed E-state index contributed by atoms with van der Waals surface area (Å²) in [4.78, 5) is 14.8. The molecule has 2 aromatic rings. The molecule has 2 atom stereocenters. The first-order valence-corrected chi connectivity index (χ1v) is 8.16. The standard InChI is InChI=1S/C18H16N4OS/c19-18(24)22-16-14(15(20-22)12-7-3-1-4-8-12)11-21(17(16)23)13-9-5-2-6-10-13/h1-10,14,16H,11H2,(H2,19,24). The zero-order chi connectivity index (χ0) is 16.7. The van der Waals surface area contributed by atoms with Crippen molar-refractivity contribution < 1.29 is 4.79 Å². The first kappa shape index (κ1) is 14.8. The van der Waals surface area contributed by atoms with Crippen molar-refractivity contribution in [2.45, 2.75) is 6.04 Å². The number of thiocarbonyl (C=S) groups is 1. The van der Waals surface area contributed by atoms with Crippen LogP contribution >= 0.6 is 12.2 Å². The summed E-state index contributed by atoms with van der Waals surface area (Å²) in [5, 5.41) is 6.18. The number of hydrazone groups is 1. The minimum atomic E-state index is -0.460. The molecule has 2 unspecified atom stereocenters. The van der Waals surface area contributed by atoms with Crippen molar-refractivity contribution in [1.82, 2.24) is 5.01 Å². The van der Waals surface area contributed by atoms with Crippen LogP contribution in [-0.4, -0.2) is 34.3 Å². The van der Waals surface area contributed by atoms with Gasteiger partial charge in [-0.15, -0.1) is 0 Å². The summed E-state index contributed by atoms with van der Waals surface area (Å²) < 4.78 is 0. The number of para-hydroxylation sites is 1. The fourth-order valence-corrected chi connectivity index (χ4v) is 3.54. The zero-order valence-corrected chi connectivity index (χ0v) is 13.7. The molecule has 5 nitrogen and oxygen atoms in total. The van der Waals surface area contributed by atoms with E-state index in [2.05, 4.69) is 5.10 Å². The Balaban J connectivity index is 1.74. The molecule has 2 aliphatic rings. The number of rotatable bonds is 2. The van der Waals surface area contributed by atoms with E-state index in [4.69, 9.17) is 18.0 Å². The highest BCUT2D eigenvalue weighted by atomic mass is 32.1. The molecular formula is C18H16N4OS. The quantitative estimate of drug-likeness (QED) is 0.852. The molecule has 1 saturated heterocycles. The van der Waals surface area contributed by atoms with Crippen LogP contribution in [0.4, 0.5) is 5.69 Å². The number of nitrogens with two attached hydrogens (primary N) is 1. The number of hydrogen-bond donors (Lipinski definition) is 1. The SMILES string of the molecule is NC(=S)N1N=C(c2ccccc2)C2CN(c3ccccc3)C(=O)C21. The lowest BCUT2D eigenvalue weighted by Crippen LogP contribution is -2.44. The van der Waals surface area contributed by atoms with Crippen LogP contribution in [0.5, 0.6) is 0 Å². The van der Waals surface area contributed by atoms with Gasteiger partial charge in [0, 0.05) is 12.2 Å².